The highest BCUT2D eigenvalue weighted by molar-refractivity contribution is 7.32. The summed E-state index contributed by atoms with van der Waals surface area (Å²) in [6.45, 7) is 7.56. The quantitative estimate of drug-likeness (QED) is 0.325. The first-order chi connectivity index (χ1) is 5.74. The smallest absolute Gasteiger partial charge is 0.335 e. The third kappa shape index (κ3) is 5.58. The Labute approximate surface area is 77.3 Å². The summed E-state index contributed by atoms with van der Waals surface area (Å²) in [6, 6.07) is 0. The SMILES string of the molecule is C=C(C)C(=O)OC(C)(C)O[PH](=O)O. The molecule has 0 saturated carbocycles. The Bertz CT molecular complexity index is 245. The standard InChI is InChI=1S/C7H13O5P/c1-5(2)6(8)11-7(3,4)12-13(9)10/h13H,1H2,2-4H3,(H,9,10). The van der Waals surface area contributed by atoms with E-state index in [-0.39, 0.29) is 5.57 Å². The lowest BCUT2D eigenvalue weighted by molar-refractivity contribution is -0.181. The molecule has 1 N–H and O–H groups in total. The second-order valence-corrected chi connectivity index (χ2v) is 3.67. The van der Waals surface area contributed by atoms with Gasteiger partial charge in [0, 0.05) is 19.4 Å². The summed E-state index contributed by atoms with van der Waals surface area (Å²) in [6.07, 6.45) is 0. The van der Waals surface area contributed by atoms with E-state index in [0.717, 1.165) is 0 Å². The molecule has 0 bridgehead atoms. The van der Waals surface area contributed by atoms with Crippen LogP contribution >= 0.6 is 8.25 Å². The van der Waals surface area contributed by atoms with Crippen molar-refractivity contribution in [2.24, 2.45) is 0 Å². The molecular formula is C7H13O5P. The van der Waals surface area contributed by atoms with Crippen molar-refractivity contribution >= 4 is 14.2 Å². The topological polar surface area (TPSA) is 72.8 Å². The Kier molecular flexibility index (Phi) is 4.33. The van der Waals surface area contributed by atoms with E-state index in [1.54, 1.807) is 0 Å². The van der Waals surface area contributed by atoms with Crippen LogP contribution in [0, 0.1) is 0 Å². The minimum Gasteiger partial charge on any atom is -0.430 e. The second-order valence-electron chi connectivity index (χ2n) is 2.94. The van der Waals surface area contributed by atoms with Crippen LogP contribution < -0.4 is 0 Å². The van der Waals surface area contributed by atoms with Gasteiger partial charge in [0.2, 0.25) is 5.79 Å². The summed E-state index contributed by atoms with van der Waals surface area (Å²) in [4.78, 5) is 19.4. The number of hydrogen-bond acceptors (Lipinski definition) is 4. The average molecular weight is 208 g/mol. The second kappa shape index (κ2) is 4.56. The summed E-state index contributed by atoms with van der Waals surface area (Å²) in [5, 5.41) is 0. The maximum absolute atomic E-state index is 11.0. The Balaban J connectivity index is 4.24. The third-order valence-electron chi connectivity index (χ3n) is 1.02. The first-order valence-corrected chi connectivity index (χ1v) is 4.82. The van der Waals surface area contributed by atoms with Gasteiger partial charge in [0.05, 0.1) is 0 Å². The number of carbonyl (C=O) groups excluding carboxylic acids is 1. The van der Waals surface area contributed by atoms with Crippen molar-refractivity contribution in [1.29, 1.82) is 0 Å². The number of hydrogen-bond donors (Lipinski definition) is 1. The molecular weight excluding hydrogens is 195 g/mol. The maximum Gasteiger partial charge on any atom is 0.335 e. The summed E-state index contributed by atoms with van der Waals surface area (Å²) in [7, 11) is -3.12. The predicted octanol–water partition coefficient (Wildman–Crippen LogP) is 1.24. The van der Waals surface area contributed by atoms with E-state index in [9.17, 15) is 9.36 Å². The molecule has 1 atom stereocenters. The molecule has 1 unspecified atom stereocenters. The van der Waals surface area contributed by atoms with Gasteiger partial charge in [-0.15, -0.1) is 0 Å². The minimum atomic E-state index is -3.12. The van der Waals surface area contributed by atoms with Crippen molar-refractivity contribution in [1.82, 2.24) is 0 Å². The van der Waals surface area contributed by atoms with Crippen LogP contribution in [-0.2, 0) is 18.6 Å². The van der Waals surface area contributed by atoms with E-state index in [2.05, 4.69) is 11.1 Å². The summed E-state index contributed by atoms with van der Waals surface area (Å²) in [5.74, 6) is -2.06. The average Bonchev–Trinajstić information content (AvgIpc) is 1.81. The summed E-state index contributed by atoms with van der Waals surface area (Å²) in [5.41, 5.74) is 0.203. The molecule has 0 aliphatic carbocycles. The van der Waals surface area contributed by atoms with Crippen LogP contribution in [0.15, 0.2) is 12.2 Å². The zero-order valence-electron chi connectivity index (χ0n) is 7.79. The highest BCUT2D eigenvalue weighted by Gasteiger charge is 2.25. The molecule has 0 aliphatic heterocycles. The van der Waals surface area contributed by atoms with E-state index < -0.39 is 20.0 Å². The van der Waals surface area contributed by atoms with Gasteiger partial charge < -0.3 is 9.63 Å². The fourth-order valence-electron chi connectivity index (χ4n) is 0.541. The lowest BCUT2D eigenvalue weighted by Gasteiger charge is -2.23. The normalized spacial score (nSPS) is 13.5. The monoisotopic (exact) mass is 208 g/mol. The van der Waals surface area contributed by atoms with E-state index in [1.807, 2.05) is 0 Å². The summed E-state index contributed by atoms with van der Waals surface area (Å²) >= 11 is 0. The Hall–Kier alpha value is -0.640. The van der Waals surface area contributed by atoms with Gasteiger partial charge in [0.1, 0.15) is 0 Å². The number of carbonyl (C=O) groups is 1. The fraction of sp³-hybridized carbons (Fsp3) is 0.571. The fourth-order valence-corrected chi connectivity index (χ4v) is 1.00. The van der Waals surface area contributed by atoms with Crippen LogP contribution in [0.3, 0.4) is 0 Å². The molecule has 0 aromatic carbocycles. The van der Waals surface area contributed by atoms with Crippen molar-refractivity contribution in [3.8, 4) is 0 Å². The highest BCUT2D eigenvalue weighted by atomic mass is 31.1. The van der Waals surface area contributed by atoms with Gasteiger partial charge >= 0.3 is 14.2 Å². The first kappa shape index (κ1) is 12.4. The maximum atomic E-state index is 11.0. The molecule has 5 nitrogen and oxygen atoms in total. The number of rotatable bonds is 4. The molecule has 0 heterocycles. The molecule has 0 spiro atoms. The minimum absolute atomic E-state index is 0.203. The molecule has 0 radical (unpaired) electrons. The molecule has 6 heteroatoms. The Morgan fingerprint density at radius 3 is 2.31 bits per heavy atom. The summed E-state index contributed by atoms with van der Waals surface area (Å²) < 4.78 is 19.5. The molecule has 13 heavy (non-hydrogen) atoms. The van der Waals surface area contributed by atoms with Crippen LogP contribution in [0.1, 0.15) is 20.8 Å². The molecule has 76 valence electrons. The molecule has 0 saturated heterocycles. The van der Waals surface area contributed by atoms with Gasteiger partial charge in [-0.05, 0) is 6.92 Å². The van der Waals surface area contributed by atoms with Gasteiger partial charge in [0.15, 0.2) is 0 Å². The van der Waals surface area contributed by atoms with Crippen molar-refractivity contribution in [2.75, 3.05) is 0 Å². The lowest BCUT2D eigenvalue weighted by atomic mass is 10.3. The zero-order valence-corrected chi connectivity index (χ0v) is 8.79. The van der Waals surface area contributed by atoms with Crippen molar-refractivity contribution in [3.05, 3.63) is 12.2 Å². The Morgan fingerprint density at radius 1 is 1.54 bits per heavy atom. The van der Waals surface area contributed by atoms with Crippen LogP contribution in [0.4, 0.5) is 0 Å². The van der Waals surface area contributed by atoms with Crippen LogP contribution in [0.5, 0.6) is 0 Å². The largest absolute Gasteiger partial charge is 0.430 e. The zero-order chi connectivity index (χ0) is 10.6. The lowest BCUT2D eigenvalue weighted by Crippen LogP contribution is -2.29. The van der Waals surface area contributed by atoms with E-state index >= 15 is 0 Å². The van der Waals surface area contributed by atoms with E-state index in [1.165, 1.54) is 20.8 Å². The number of esters is 1. The van der Waals surface area contributed by atoms with Gasteiger partial charge in [-0.3, -0.25) is 9.09 Å². The van der Waals surface area contributed by atoms with Crippen LogP contribution in [0.2, 0.25) is 0 Å². The van der Waals surface area contributed by atoms with Gasteiger partial charge in [-0.1, -0.05) is 6.58 Å². The van der Waals surface area contributed by atoms with Crippen molar-refractivity contribution in [3.63, 3.8) is 0 Å². The van der Waals surface area contributed by atoms with E-state index in [4.69, 9.17) is 9.63 Å². The highest BCUT2D eigenvalue weighted by Crippen LogP contribution is 2.27. The molecule has 0 aliphatic rings. The molecule has 0 fully saturated rings. The predicted molar refractivity (Wildman–Crippen MR) is 47.3 cm³/mol. The molecule has 0 aromatic rings. The first-order valence-electron chi connectivity index (χ1n) is 3.55. The molecule has 0 rings (SSSR count). The van der Waals surface area contributed by atoms with Gasteiger partial charge in [0.25, 0.3) is 0 Å². The number of ether oxygens (including phenoxy) is 1. The van der Waals surface area contributed by atoms with Crippen LogP contribution in [0.25, 0.3) is 0 Å². The molecule has 0 aromatic heterocycles. The third-order valence-corrected chi connectivity index (χ3v) is 1.69. The van der Waals surface area contributed by atoms with Crippen molar-refractivity contribution in [2.45, 2.75) is 26.6 Å². The van der Waals surface area contributed by atoms with Gasteiger partial charge in [-0.25, -0.2) is 4.79 Å². The van der Waals surface area contributed by atoms with Gasteiger partial charge in [-0.2, -0.15) is 0 Å². The Morgan fingerprint density at radius 2 is 2.00 bits per heavy atom. The van der Waals surface area contributed by atoms with E-state index in [0.29, 0.717) is 0 Å². The molecule has 0 amide bonds. The van der Waals surface area contributed by atoms with Crippen molar-refractivity contribution < 1.29 is 23.5 Å². The van der Waals surface area contributed by atoms with Crippen LogP contribution in [-0.4, -0.2) is 16.6 Å².